The summed E-state index contributed by atoms with van der Waals surface area (Å²) in [5.74, 6) is 0.656. The van der Waals surface area contributed by atoms with Crippen molar-refractivity contribution < 1.29 is 4.42 Å². The summed E-state index contributed by atoms with van der Waals surface area (Å²) in [5, 5.41) is 5.93. The van der Waals surface area contributed by atoms with Gasteiger partial charge in [-0.2, -0.15) is 0 Å². The minimum atomic E-state index is 0.656. The van der Waals surface area contributed by atoms with Crippen LogP contribution in [0.5, 0.6) is 0 Å². The van der Waals surface area contributed by atoms with Gasteiger partial charge in [-0.05, 0) is 60.7 Å². The average molecular weight is 653 g/mol. The highest BCUT2D eigenvalue weighted by Crippen LogP contribution is 2.43. The van der Waals surface area contributed by atoms with Crippen LogP contribution in [0.25, 0.3) is 99.7 Å². The Morgan fingerprint density at radius 1 is 0.412 bits per heavy atom. The summed E-state index contributed by atoms with van der Waals surface area (Å²) in [6, 6.07) is 59.5. The first-order valence-corrected chi connectivity index (χ1v) is 17.2. The molecule has 5 nitrogen and oxygen atoms in total. The van der Waals surface area contributed by atoms with Crippen molar-refractivity contribution in [3.05, 3.63) is 170 Å². The molecule has 0 N–H and O–H groups in total. The second-order valence-electron chi connectivity index (χ2n) is 13.0. The highest BCUT2D eigenvalue weighted by Gasteiger charge is 2.22. The Morgan fingerprint density at radius 2 is 0.961 bits per heavy atom. The van der Waals surface area contributed by atoms with Crippen LogP contribution in [0.4, 0.5) is 0 Å². The van der Waals surface area contributed by atoms with Gasteiger partial charge in [0.1, 0.15) is 16.8 Å². The topological polar surface area (TPSA) is 48.8 Å². The number of fused-ring (bicyclic) bond motifs is 10. The quantitative estimate of drug-likeness (QED) is 0.190. The van der Waals surface area contributed by atoms with Crippen LogP contribution >= 0.6 is 0 Å². The van der Waals surface area contributed by atoms with Crippen molar-refractivity contribution in [3.8, 4) is 34.0 Å². The molecule has 11 rings (SSSR count). The van der Waals surface area contributed by atoms with E-state index in [1.807, 2.05) is 36.4 Å². The van der Waals surface area contributed by atoms with Crippen LogP contribution in [0.1, 0.15) is 0 Å². The Hall–Kier alpha value is -6.98. The molecule has 238 valence electrons. The number of aromatic nitrogens is 4. The van der Waals surface area contributed by atoms with E-state index < -0.39 is 0 Å². The second kappa shape index (κ2) is 10.8. The van der Waals surface area contributed by atoms with E-state index in [1.165, 1.54) is 32.6 Å². The van der Waals surface area contributed by atoms with E-state index in [9.17, 15) is 0 Å². The average Bonchev–Trinajstić information content (AvgIpc) is 3.86. The summed E-state index contributed by atoms with van der Waals surface area (Å²) in [4.78, 5) is 10.3. The zero-order chi connectivity index (χ0) is 33.5. The minimum Gasteiger partial charge on any atom is -0.452 e. The molecule has 0 amide bonds. The molecule has 4 aromatic heterocycles. The molecule has 51 heavy (non-hydrogen) atoms. The molecular weight excluding hydrogens is 625 g/mol. The van der Waals surface area contributed by atoms with E-state index in [4.69, 9.17) is 14.4 Å². The lowest BCUT2D eigenvalue weighted by molar-refractivity contribution is 0.667. The van der Waals surface area contributed by atoms with Crippen LogP contribution in [0, 0.1) is 0 Å². The molecule has 0 fully saturated rings. The molecular formula is C46H28N4O. The van der Waals surface area contributed by atoms with Gasteiger partial charge in [-0.1, -0.05) is 109 Å². The number of nitrogens with zero attached hydrogens (tertiary/aromatic N) is 4. The fourth-order valence-electron chi connectivity index (χ4n) is 7.95. The molecule has 0 saturated carbocycles. The predicted octanol–water partition coefficient (Wildman–Crippen LogP) is 11.9. The zero-order valence-electron chi connectivity index (χ0n) is 27.4. The molecule has 0 saturated heterocycles. The molecule has 5 heteroatoms. The van der Waals surface area contributed by atoms with E-state index in [-0.39, 0.29) is 0 Å². The summed E-state index contributed by atoms with van der Waals surface area (Å²) in [6.45, 7) is 0. The van der Waals surface area contributed by atoms with Gasteiger partial charge in [0, 0.05) is 49.4 Å². The lowest BCUT2D eigenvalue weighted by Gasteiger charge is -2.11. The van der Waals surface area contributed by atoms with Gasteiger partial charge in [0.2, 0.25) is 0 Å². The number of rotatable bonds is 4. The Labute approximate surface area is 292 Å². The standard InChI is InChI=1S/C46H28N4O/c1-3-14-29(15-4-1)43-45-44(35-22-9-12-25-40(35)51-45)48-46(47-43)30-16-13-19-32(28-30)50-37-24-11-8-21-34(37)42-39(50)27-26-38-41(42)33-20-7-10-23-36(33)49(38)31-17-5-2-6-18-31/h1-28H. The second-order valence-corrected chi connectivity index (χ2v) is 13.0. The summed E-state index contributed by atoms with van der Waals surface area (Å²) in [6.07, 6.45) is 0. The van der Waals surface area contributed by atoms with Gasteiger partial charge < -0.3 is 13.6 Å². The molecule has 4 heterocycles. The van der Waals surface area contributed by atoms with E-state index >= 15 is 0 Å². The van der Waals surface area contributed by atoms with Gasteiger partial charge in [0.15, 0.2) is 11.4 Å². The van der Waals surface area contributed by atoms with Crippen LogP contribution < -0.4 is 0 Å². The van der Waals surface area contributed by atoms with Crippen molar-refractivity contribution in [2.45, 2.75) is 0 Å². The molecule has 0 spiro atoms. The smallest absolute Gasteiger partial charge is 0.180 e. The van der Waals surface area contributed by atoms with Gasteiger partial charge in [-0.25, -0.2) is 9.97 Å². The maximum atomic E-state index is 6.37. The lowest BCUT2D eigenvalue weighted by atomic mass is 10.1. The number of hydrogen-bond donors (Lipinski definition) is 0. The van der Waals surface area contributed by atoms with Crippen LogP contribution in [0.2, 0.25) is 0 Å². The molecule has 0 radical (unpaired) electrons. The fourth-order valence-corrected chi connectivity index (χ4v) is 7.95. The van der Waals surface area contributed by atoms with Crippen molar-refractivity contribution in [1.82, 2.24) is 19.1 Å². The van der Waals surface area contributed by atoms with Crippen LogP contribution in [-0.4, -0.2) is 19.1 Å². The third-order valence-electron chi connectivity index (χ3n) is 10.1. The number of furan rings is 1. The number of benzene rings is 7. The summed E-state index contributed by atoms with van der Waals surface area (Å²) in [5.41, 5.74) is 11.9. The van der Waals surface area contributed by atoms with E-state index in [0.29, 0.717) is 11.4 Å². The molecule has 0 bridgehead atoms. The van der Waals surface area contributed by atoms with Crippen LogP contribution in [-0.2, 0) is 0 Å². The summed E-state index contributed by atoms with van der Waals surface area (Å²) < 4.78 is 11.1. The highest BCUT2D eigenvalue weighted by molar-refractivity contribution is 6.29. The lowest BCUT2D eigenvalue weighted by Crippen LogP contribution is -1.97. The number of para-hydroxylation sites is 4. The molecule has 0 unspecified atom stereocenters. The monoisotopic (exact) mass is 652 g/mol. The van der Waals surface area contributed by atoms with E-state index in [2.05, 4.69) is 143 Å². The Morgan fingerprint density at radius 3 is 1.67 bits per heavy atom. The van der Waals surface area contributed by atoms with Crippen molar-refractivity contribution in [3.63, 3.8) is 0 Å². The Bertz CT molecular complexity index is 3130. The summed E-state index contributed by atoms with van der Waals surface area (Å²) >= 11 is 0. The maximum absolute atomic E-state index is 6.37. The van der Waals surface area contributed by atoms with Gasteiger partial charge in [-0.3, -0.25) is 0 Å². The van der Waals surface area contributed by atoms with Crippen molar-refractivity contribution in [1.29, 1.82) is 0 Å². The van der Waals surface area contributed by atoms with Crippen molar-refractivity contribution in [2.24, 2.45) is 0 Å². The Balaban J connectivity index is 1.18. The van der Waals surface area contributed by atoms with Gasteiger partial charge >= 0.3 is 0 Å². The molecule has 0 aliphatic heterocycles. The van der Waals surface area contributed by atoms with E-state index in [1.54, 1.807) is 0 Å². The SMILES string of the molecule is c1ccc(-c2nc(-c3cccc(-n4c5ccccc5c5c6c7ccccc7n(-c7ccccc7)c6ccc54)c3)nc3c2oc2ccccc23)cc1. The molecule has 0 aliphatic rings. The third kappa shape index (κ3) is 4.09. The number of hydrogen-bond acceptors (Lipinski definition) is 3. The minimum absolute atomic E-state index is 0.656. The first-order chi connectivity index (χ1) is 25.3. The summed E-state index contributed by atoms with van der Waals surface area (Å²) in [7, 11) is 0. The normalized spacial score (nSPS) is 11.9. The third-order valence-corrected chi connectivity index (χ3v) is 10.1. The predicted molar refractivity (Wildman–Crippen MR) is 209 cm³/mol. The fraction of sp³-hybridized carbons (Fsp3) is 0. The van der Waals surface area contributed by atoms with Crippen molar-refractivity contribution >= 4 is 65.7 Å². The molecule has 7 aromatic carbocycles. The van der Waals surface area contributed by atoms with Gasteiger partial charge in [0.25, 0.3) is 0 Å². The van der Waals surface area contributed by atoms with Gasteiger partial charge in [0.05, 0.1) is 22.1 Å². The zero-order valence-corrected chi connectivity index (χ0v) is 27.4. The molecule has 11 aromatic rings. The first kappa shape index (κ1) is 27.9. The van der Waals surface area contributed by atoms with E-state index in [0.717, 1.165) is 55.7 Å². The Kier molecular flexibility index (Phi) is 5.89. The largest absolute Gasteiger partial charge is 0.452 e. The van der Waals surface area contributed by atoms with Crippen LogP contribution in [0.15, 0.2) is 174 Å². The van der Waals surface area contributed by atoms with Crippen molar-refractivity contribution in [2.75, 3.05) is 0 Å². The molecule has 0 atom stereocenters. The maximum Gasteiger partial charge on any atom is 0.180 e. The van der Waals surface area contributed by atoms with Crippen LogP contribution in [0.3, 0.4) is 0 Å². The van der Waals surface area contributed by atoms with Gasteiger partial charge in [-0.15, -0.1) is 0 Å². The molecule has 0 aliphatic carbocycles. The first-order valence-electron chi connectivity index (χ1n) is 17.2. The highest BCUT2D eigenvalue weighted by atomic mass is 16.3.